The van der Waals surface area contributed by atoms with Crippen LogP contribution in [-0.2, 0) is 20.7 Å². The fraction of sp³-hybridized carbons (Fsp3) is 0.720. The molecule has 1 aliphatic heterocycles. The van der Waals surface area contributed by atoms with E-state index in [1.165, 1.54) is 0 Å². The largest absolute Gasteiger partial charge is 0.461 e. The van der Waals surface area contributed by atoms with E-state index in [9.17, 15) is 14.4 Å². The van der Waals surface area contributed by atoms with Crippen LogP contribution in [0.2, 0.25) is 0 Å². The van der Waals surface area contributed by atoms with Crippen LogP contribution in [-0.4, -0.2) is 78.4 Å². The van der Waals surface area contributed by atoms with Crippen LogP contribution in [0.1, 0.15) is 73.8 Å². The van der Waals surface area contributed by atoms with Gasteiger partial charge in [0.1, 0.15) is 5.69 Å². The van der Waals surface area contributed by atoms with Crippen molar-refractivity contribution in [1.29, 1.82) is 0 Å². The number of amides is 2. The second kappa shape index (κ2) is 13.4. The molecule has 1 aromatic rings. The summed E-state index contributed by atoms with van der Waals surface area (Å²) >= 11 is 0. The molecule has 186 valence electrons. The number of nitrogens with zero attached hydrogens (tertiary/aromatic N) is 2. The zero-order valence-corrected chi connectivity index (χ0v) is 21.1. The molecule has 8 nitrogen and oxygen atoms in total. The zero-order valence-electron chi connectivity index (χ0n) is 21.1. The smallest absolute Gasteiger partial charge is 0.355 e. The van der Waals surface area contributed by atoms with Gasteiger partial charge in [0.15, 0.2) is 0 Å². The molecular formula is C25H42N4O4. The third kappa shape index (κ3) is 7.59. The molecule has 2 rings (SSSR count). The molecule has 1 saturated heterocycles. The fourth-order valence-electron chi connectivity index (χ4n) is 4.58. The number of hydrogen-bond donors (Lipinski definition) is 2. The van der Waals surface area contributed by atoms with Gasteiger partial charge in [0.05, 0.1) is 12.5 Å². The number of carbonyl (C=O) groups excluding carboxylic acids is 3. The summed E-state index contributed by atoms with van der Waals surface area (Å²) in [6.45, 7) is 15.1. The Hall–Kier alpha value is -2.35. The minimum atomic E-state index is -0.363. The minimum Gasteiger partial charge on any atom is -0.461 e. The fourth-order valence-corrected chi connectivity index (χ4v) is 4.58. The van der Waals surface area contributed by atoms with Crippen LogP contribution in [0.3, 0.4) is 0 Å². The number of esters is 1. The molecule has 2 N–H and O–H groups in total. The van der Waals surface area contributed by atoms with E-state index >= 15 is 0 Å². The Bertz CT molecular complexity index is 801. The molecule has 1 atom stereocenters. The van der Waals surface area contributed by atoms with E-state index in [0.29, 0.717) is 44.8 Å². The Morgan fingerprint density at radius 2 is 1.91 bits per heavy atom. The Morgan fingerprint density at radius 3 is 2.58 bits per heavy atom. The SMILES string of the molecule is CCOC(=O)c1[nH]c(C)c(CCC(=O)N2CCC[C@H](C(=O)NCCCN(CC)CC)C2)c1C. The number of aryl methyl sites for hydroxylation is 1. The summed E-state index contributed by atoms with van der Waals surface area (Å²) < 4.78 is 5.10. The summed E-state index contributed by atoms with van der Waals surface area (Å²) in [7, 11) is 0. The average molecular weight is 463 g/mol. The molecule has 0 bridgehead atoms. The Balaban J connectivity index is 1.83. The quantitative estimate of drug-likeness (QED) is 0.368. The van der Waals surface area contributed by atoms with Crippen LogP contribution in [0.25, 0.3) is 0 Å². The van der Waals surface area contributed by atoms with E-state index in [0.717, 1.165) is 55.7 Å². The molecule has 33 heavy (non-hydrogen) atoms. The first-order chi connectivity index (χ1) is 15.8. The number of aromatic amines is 1. The number of hydrogen-bond acceptors (Lipinski definition) is 5. The van der Waals surface area contributed by atoms with E-state index in [1.807, 2.05) is 18.7 Å². The number of nitrogens with one attached hydrogen (secondary N) is 2. The van der Waals surface area contributed by atoms with Crippen molar-refractivity contribution in [2.75, 3.05) is 45.9 Å². The summed E-state index contributed by atoms with van der Waals surface area (Å²) in [5, 5.41) is 3.06. The van der Waals surface area contributed by atoms with Gasteiger partial charge >= 0.3 is 5.97 Å². The number of ether oxygens (including phenoxy) is 1. The molecule has 0 radical (unpaired) electrons. The lowest BCUT2D eigenvalue weighted by Gasteiger charge is -2.32. The van der Waals surface area contributed by atoms with Crippen LogP contribution in [0.15, 0.2) is 0 Å². The Morgan fingerprint density at radius 1 is 1.18 bits per heavy atom. The van der Waals surface area contributed by atoms with Crippen molar-refractivity contribution in [2.24, 2.45) is 5.92 Å². The summed E-state index contributed by atoms with van der Waals surface area (Å²) in [5.74, 6) is -0.380. The molecule has 2 amide bonds. The maximum absolute atomic E-state index is 12.9. The average Bonchev–Trinajstić information content (AvgIpc) is 3.10. The molecule has 0 aromatic carbocycles. The molecule has 1 aliphatic rings. The molecule has 2 heterocycles. The van der Waals surface area contributed by atoms with Gasteiger partial charge in [-0.15, -0.1) is 0 Å². The summed E-state index contributed by atoms with van der Waals surface area (Å²) in [4.78, 5) is 44.9. The van der Waals surface area contributed by atoms with Crippen LogP contribution < -0.4 is 5.32 Å². The monoisotopic (exact) mass is 462 g/mol. The van der Waals surface area contributed by atoms with Crippen molar-refractivity contribution in [3.8, 4) is 0 Å². The highest BCUT2D eigenvalue weighted by atomic mass is 16.5. The zero-order chi connectivity index (χ0) is 24.4. The second-order valence-electron chi connectivity index (χ2n) is 8.80. The number of H-pyrrole nitrogens is 1. The Labute approximate surface area is 198 Å². The van der Waals surface area contributed by atoms with Gasteiger partial charge in [-0.25, -0.2) is 4.79 Å². The first-order valence-electron chi connectivity index (χ1n) is 12.4. The van der Waals surface area contributed by atoms with Gasteiger partial charge in [-0.05, 0) is 77.2 Å². The van der Waals surface area contributed by atoms with Gasteiger partial charge < -0.3 is 24.8 Å². The van der Waals surface area contributed by atoms with Crippen molar-refractivity contribution < 1.29 is 19.1 Å². The highest BCUT2D eigenvalue weighted by molar-refractivity contribution is 5.90. The third-order valence-corrected chi connectivity index (χ3v) is 6.65. The molecule has 0 aliphatic carbocycles. The van der Waals surface area contributed by atoms with Crippen molar-refractivity contribution in [3.63, 3.8) is 0 Å². The van der Waals surface area contributed by atoms with E-state index in [-0.39, 0.29) is 23.7 Å². The second-order valence-corrected chi connectivity index (χ2v) is 8.80. The maximum atomic E-state index is 12.9. The number of rotatable bonds is 12. The molecule has 0 saturated carbocycles. The standard InChI is InChI=1S/C25H42N4O4/c1-6-28(7-2)15-10-14-26-24(31)20-11-9-16-29(17-20)22(30)13-12-21-18(4)23(27-19(21)5)25(32)33-8-3/h20,27H,6-17H2,1-5H3,(H,26,31)/t20-/m0/s1. The van der Waals surface area contributed by atoms with Crippen LogP contribution in [0, 0.1) is 19.8 Å². The minimum absolute atomic E-state index is 0.0587. The third-order valence-electron chi connectivity index (χ3n) is 6.65. The topological polar surface area (TPSA) is 94.7 Å². The molecular weight excluding hydrogens is 420 g/mol. The van der Waals surface area contributed by atoms with Gasteiger partial charge in [-0.3, -0.25) is 9.59 Å². The van der Waals surface area contributed by atoms with E-state index < -0.39 is 0 Å². The van der Waals surface area contributed by atoms with Crippen molar-refractivity contribution >= 4 is 17.8 Å². The highest BCUT2D eigenvalue weighted by Gasteiger charge is 2.28. The van der Waals surface area contributed by atoms with Gasteiger partial charge in [0.2, 0.25) is 11.8 Å². The van der Waals surface area contributed by atoms with Gasteiger partial charge in [0, 0.05) is 31.7 Å². The molecule has 8 heteroatoms. The molecule has 1 aromatic heterocycles. The predicted octanol–water partition coefficient (Wildman–Crippen LogP) is 2.83. The lowest BCUT2D eigenvalue weighted by molar-refractivity contribution is -0.135. The summed E-state index contributed by atoms with van der Waals surface area (Å²) in [5.41, 5.74) is 3.20. The normalized spacial score (nSPS) is 16.2. The van der Waals surface area contributed by atoms with Gasteiger partial charge in [-0.2, -0.15) is 0 Å². The molecule has 0 spiro atoms. The van der Waals surface area contributed by atoms with Crippen LogP contribution >= 0.6 is 0 Å². The van der Waals surface area contributed by atoms with E-state index in [2.05, 4.69) is 29.0 Å². The summed E-state index contributed by atoms with van der Waals surface area (Å²) in [6, 6.07) is 0. The van der Waals surface area contributed by atoms with E-state index in [1.54, 1.807) is 6.92 Å². The lowest BCUT2D eigenvalue weighted by atomic mass is 9.96. The number of piperidine rings is 1. The number of aromatic nitrogens is 1. The molecule has 1 fully saturated rings. The number of carbonyl (C=O) groups is 3. The van der Waals surface area contributed by atoms with Crippen molar-refractivity contribution in [3.05, 3.63) is 22.5 Å². The predicted molar refractivity (Wildman–Crippen MR) is 129 cm³/mol. The van der Waals surface area contributed by atoms with E-state index in [4.69, 9.17) is 4.74 Å². The van der Waals surface area contributed by atoms with Gasteiger partial charge in [-0.1, -0.05) is 13.8 Å². The van der Waals surface area contributed by atoms with Gasteiger partial charge in [0.25, 0.3) is 0 Å². The Kier molecular flexibility index (Phi) is 10.9. The lowest BCUT2D eigenvalue weighted by Crippen LogP contribution is -2.45. The first kappa shape index (κ1) is 26.9. The number of likely N-dealkylation sites (tertiary alicyclic amines) is 1. The van der Waals surface area contributed by atoms with Crippen LogP contribution in [0.5, 0.6) is 0 Å². The van der Waals surface area contributed by atoms with Crippen molar-refractivity contribution in [2.45, 2.75) is 66.7 Å². The van der Waals surface area contributed by atoms with Crippen LogP contribution in [0.4, 0.5) is 0 Å². The highest BCUT2D eigenvalue weighted by Crippen LogP contribution is 2.22. The molecule has 0 unspecified atom stereocenters. The first-order valence-corrected chi connectivity index (χ1v) is 12.4. The van der Waals surface area contributed by atoms with Crippen molar-refractivity contribution in [1.82, 2.24) is 20.1 Å². The summed E-state index contributed by atoms with van der Waals surface area (Å²) in [6.07, 6.45) is 3.53. The maximum Gasteiger partial charge on any atom is 0.355 e.